The molecule has 0 aromatic carbocycles. The summed E-state index contributed by atoms with van der Waals surface area (Å²) in [6.07, 6.45) is -0.774. The number of carboxylic acids is 1. The molecule has 1 fully saturated rings. The van der Waals surface area contributed by atoms with Gasteiger partial charge < -0.3 is 14.6 Å². The van der Waals surface area contributed by atoms with E-state index >= 15 is 0 Å². The number of likely N-dealkylation sites (tertiary alicyclic amines) is 1. The fourth-order valence-corrected chi connectivity index (χ4v) is 1.58. The predicted octanol–water partition coefficient (Wildman–Crippen LogP) is -0.295. The predicted molar refractivity (Wildman–Crippen MR) is 56.0 cm³/mol. The van der Waals surface area contributed by atoms with Crippen LogP contribution in [0.2, 0.25) is 0 Å². The molecule has 1 aliphatic rings. The summed E-state index contributed by atoms with van der Waals surface area (Å²) < 4.78 is 5.08. The number of carbonyl (C=O) groups is 3. The zero-order valence-corrected chi connectivity index (χ0v) is 10.2. The molecule has 0 aliphatic carbocycles. The highest BCUT2D eigenvalue weighted by Crippen LogP contribution is 2.18. The second kappa shape index (κ2) is 4.73. The summed E-state index contributed by atoms with van der Waals surface area (Å²) in [5.74, 6) is -1.61. The number of rotatable bonds is 1. The van der Waals surface area contributed by atoms with Crippen LogP contribution in [0.1, 0.15) is 33.6 Å². The molecule has 1 saturated heterocycles. The lowest BCUT2D eigenvalue weighted by molar-refractivity contribution is -0.311. The number of ketones is 1. The molecule has 0 saturated carbocycles. The van der Waals surface area contributed by atoms with Crippen molar-refractivity contribution < 1.29 is 24.2 Å². The highest BCUT2D eigenvalue weighted by molar-refractivity contribution is 5.89. The van der Waals surface area contributed by atoms with Gasteiger partial charge in [-0.1, -0.05) is 0 Å². The maximum absolute atomic E-state index is 11.7. The van der Waals surface area contributed by atoms with Crippen LogP contribution in [0, 0.1) is 0 Å². The maximum atomic E-state index is 11.7. The highest BCUT2D eigenvalue weighted by Gasteiger charge is 2.34. The number of hydrogen-bond acceptors (Lipinski definition) is 5. The number of carboxylic acid groups (broad SMARTS) is 1. The summed E-state index contributed by atoms with van der Waals surface area (Å²) in [4.78, 5) is 34.8. The zero-order chi connectivity index (χ0) is 13.2. The SMILES string of the molecule is CC(C)(C)OC(=O)N1CCC(=O)CC1C(=O)[O-]. The number of amides is 1. The van der Waals surface area contributed by atoms with Crippen molar-refractivity contribution in [2.45, 2.75) is 45.3 Å². The fraction of sp³-hybridized carbons (Fsp3) is 0.727. The van der Waals surface area contributed by atoms with Gasteiger partial charge in [-0.05, 0) is 20.8 Å². The Hall–Kier alpha value is -1.59. The molecule has 6 heteroatoms. The van der Waals surface area contributed by atoms with Crippen molar-refractivity contribution in [3.63, 3.8) is 0 Å². The Morgan fingerprint density at radius 1 is 1.41 bits per heavy atom. The van der Waals surface area contributed by atoms with E-state index < -0.39 is 23.7 Å². The van der Waals surface area contributed by atoms with Gasteiger partial charge in [-0.25, -0.2) is 4.79 Å². The van der Waals surface area contributed by atoms with Gasteiger partial charge in [0.25, 0.3) is 0 Å². The molecular weight excluding hydrogens is 226 g/mol. The Labute approximate surface area is 99.5 Å². The van der Waals surface area contributed by atoms with Gasteiger partial charge in [-0.3, -0.25) is 9.69 Å². The van der Waals surface area contributed by atoms with E-state index in [0.717, 1.165) is 4.90 Å². The van der Waals surface area contributed by atoms with E-state index in [1.54, 1.807) is 20.8 Å². The lowest BCUT2D eigenvalue weighted by Gasteiger charge is -2.36. The quantitative estimate of drug-likeness (QED) is 0.630. The van der Waals surface area contributed by atoms with Crippen molar-refractivity contribution in [3.05, 3.63) is 0 Å². The Kier molecular flexibility index (Phi) is 3.75. The van der Waals surface area contributed by atoms with E-state index in [4.69, 9.17) is 4.74 Å². The van der Waals surface area contributed by atoms with Crippen LogP contribution in [0.4, 0.5) is 4.79 Å². The van der Waals surface area contributed by atoms with Crippen LogP contribution in [0.15, 0.2) is 0 Å². The number of Topliss-reactive ketones (excluding diaryl/α,β-unsaturated/α-hetero) is 1. The minimum atomic E-state index is -1.43. The molecule has 6 nitrogen and oxygen atoms in total. The third-order valence-electron chi connectivity index (χ3n) is 2.33. The van der Waals surface area contributed by atoms with E-state index in [2.05, 4.69) is 0 Å². The molecule has 1 unspecified atom stereocenters. The molecule has 0 aromatic rings. The van der Waals surface area contributed by atoms with Gasteiger partial charge in [0.05, 0.1) is 12.0 Å². The van der Waals surface area contributed by atoms with E-state index in [9.17, 15) is 19.5 Å². The van der Waals surface area contributed by atoms with Crippen molar-refractivity contribution in [2.75, 3.05) is 6.54 Å². The standard InChI is InChI=1S/C11H17NO5/c1-11(2,3)17-10(16)12-5-4-7(13)6-8(12)9(14)15/h8H,4-6H2,1-3H3,(H,14,15)/p-1. The largest absolute Gasteiger partial charge is 0.548 e. The van der Waals surface area contributed by atoms with Crippen molar-refractivity contribution in [3.8, 4) is 0 Å². The Balaban J connectivity index is 2.76. The van der Waals surface area contributed by atoms with Gasteiger partial charge in [-0.15, -0.1) is 0 Å². The monoisotopic (exact) mass is 242 g/mol. The first-order valence-electron chi connectivity index (χ1n) is 5.43. The molecule has 17 heavy (non-hydrogen) atoms. The van der Waals surface area contributed by atoms with Crippen LogP contribution in [-0.2, 0) is 14.3 Å². The maximum Gasteiger partial charge on any atom is 0.410 e. The number of ether oxygens (including phenoxy) is 1. The van der Waals surface area contributed by atoms with Crippen LogP contribution in [0.3, 0.4) is 0 Å². The molecule has 0 bridgehead atoms. The van der Waals surface area contributed by atoms with E-state index in [-0.39, 0.29) is 25.2 Å². The lowest BCUT2D eigenvalue weighted by Crippen LogP contribution is -2.55. The van der Waals surface area contributed by atoms with E-state index in [0.29, 0.717) is 0 Å². The molecule has 1 heterocycles. The number of nitrogens with zero attached hydrogens (tertiary/aromatic N) is 1. The molecule has 1 aliphatic heterocycles. The molecular formula is C11H16NO5-. The van der Waals surface area contributed by atoms with Crippen molar-refractivity contribution >= 4 is 17.8 Å². The van der Waals surface area contributed by atoms with Crippen LogP contribution in [0.5, 0.6) is 0 Å². The number of carbonyl (C=O) groups excluding carboxylic acids is 3. The summed E-state index contributed by atoms with van der Waals surface area (Å²) in [6, 6.07) is -1.22. The molecule has 0 spiro atoms. The topological polar surface area (TPSA) is 86.7 Å². The summed E-state index contributed by atoms with van der Waals surface area (Å²) in [5.41, 5.74) is -0.699. The summed E-state index contributed by atoms with van der Waals surface area (Å²) in [5, 5.41) is 10.9. The second-order valence-electron chi connectivity index (χ2n) is 5.00. The van der Waals surface area contributed by atoms with Gasteiger partial charge in [0, 0.05) is 19.4 Å². The Bertz CT molecular complexity index is 344. The third kappa shape index (κ3) is 3.72. The molecule has 1 amide bonds. The molecule has 1 atom stereocenters. The van der Waals surface area contributed by atoms with Gasteiger partial charge in [0.15, 0.2) is 0 Å². The van der Waals surface area contributed by atoms with Crippen LogP contribution >= 0.6 is 0 Å². The average molecular weight is 242 g/mol. The van der Waals surface area contributed by atoms with Crippen molar-refractivity contribution in [1.29, 1.82) is 0 Å². The Morgan fingerprint density at radius 2 is 2.00 bits per heavy atom. The fourth-order valence-electron chi connectivity index (χ4n) is 1.58. The van der Waals surface area contributed by atoms with Crippen LogP contribution < -0.4 is 5.11 Å². The zero-order valence-electron chi connectivity index (χ0n) is 10.2. The highest BCUT2D eigenvalue weighted by atomic mass is 16.6. The van der Waals surface area contributed by atoms with Gasteiger partial charge in [0.2, 0.25) is 0 Å². The van der Waals surface area contributed by atoms with E-state index in [1.807, 2.05) is 0 Å². The lowest BCUT2D eigenvalue weighted by atomic mass is 10.0. The molecule has 96 valence electrons. The summed E-state index contributed by atoms with van der Waals surface area (Å²) >= 11 is 0. The number of hydrogen-bond donors (Lipinski definition) is 0. The number of piperidine rings is 1. The summed E-state index contributed by atoms with van der Waals surface area (Å²) in [7, 11) is 0. The summed E-state index contributed by atoms with van der Waals surface area (Å²) in [6.45, 7) is 5.13. The Morgan fingerprint density at radius 3 is 2.47 bits per heavy atom. The molecule has 0 radical (unpaired) electrons. The minimum Gasteiger partial charge on any atom is -0.548 e. The second-order valence-corrected chi connectivity index (χ2v) is 5.00. The van der Waals surface area contributed by atoms with Gasteiger partial charge in [-0.2, -0.15) is 0 Å². The molecule has 0 N–H and O–H groups in total. The van der Waals surface area contributed by atoms with Gasteiger partial charge in [0.1, 0.15) is 11.4 Å². The van der Waals surface area contributed by atoms with Crippen LogP contribution in [-0.4, -0.2) is 40.9 Å². The van der Waals surface area contributed by atoms with Crippen molar-refractivity contribution in [2.24, 2.45) is 0 Å². The molecule has 1 rings (SSSR count). The normalized spacial score (nSPS) is 21.2. The van der Waals surface area contributed by atoms with Crippen LogP contribution in [0.25, 0.3) is 0 Å². The first-order valence-corrected chi connectivity index (χ1v) is 5.43. The first kappa shape index (κ1) is 13.5. The third-order valence-corrected chi connectivity index (χ3v) is 2.33. The minimum absolute atomic E-state index is 0.0619. The van der Waals surface area contributed by atoms with Gasteiger partial charge >= 0.3 is 6.09 Å². The number of aliphatic carboxylic acids is 1. The smallest absolute Gasteiger partial charge is 0.410 e. The molecule has 0 aromatic heterocycles. The van der Waals surface area contributed by atoms with E-state index in [1.165, 1.54) is 0 Å². The van der Waals surface area contributed by atoms with Crippen molar-refractivity contribution in [1.82, 2.24) is 4.90 Å². The average Bonchev–Trinajstić information content (AvgIpc) is 2.14. The first-order chi connectivity index (χ1) is 7.70.